The second-order valence-corrected chi connectivity index (χ2v) is 9.55. The summed E-state index contributed by atoms with van der Waals surface area (Å²) in [6, 6.07) is 0. The topological polar surface area (TPSA) is 79.3 Å². The van der Waals surface area contributed by atoms with E-state index in [-0.39, 0.29) is 24.1 Å². The van der Waals surface area contributed by atoms with Crippen molar-refractivity contribution < 1.29 is 24.5 Å². The van der Waals surface area contributed by atoms with Gasteiger partial charge < -0.3 is 19.7 Å². The first-order chi connectivity index (χ1) is 14.0. The van der Waals surface area contributed by atoms with Crippen molar-refractivity contribution >= 4 is 5.97 Å². The highest BCUT2D eigenvalue weighted by molar-refractivity contribution is 5.83. The summed E-state index contributed by atoms with van der Waals surface area (Å²) in [7, 11) is 0. The lowest BCUT2D eigenvalue weighted by atomic mass is 9.79. The normalized spacial score (nSPS) is 35.0. The predicted molar refractivity (Wildman–Crippen MR) is 119 cm³/mol. The largest absolute Gasteiger partial charge is 0.452 e. The number of carbonyl (C=O) groups is 1. The second kappa shape index (κ2) is 10.1. The molecule has 0 bridgehead atoms. The number of esters is 1. The Balaban J connectivity index is 2.30. The third kappa shape index (κ3) is 6.66. The lowest BCUT2D eigenvalue weighted by molar-refractivity contribution is -0.143. The summed E-state index contributed by atoms with van der Waals surface area (Å²) in [5.74, 6) is -0.372. The molecule has 2 rings (SSSR count). The minimum Gasteiger partial charge on any atom is -0.452 e. The molecule has 5 heteroatoms. The summed E-state index contributed by atoms with van der Waals surface area (Å²) in [6.07, 6.45) is 10.2. The molecule has 0 unspecified atom stereocenters. The maximum Gasteiger partial charge on any atom is 0.331 e. The van der Waals surface area contributed by atoms with Gasteiger partial charge in [-0.15, -0.1) is 0 Å². The van der Waals surface area contributed by atoms with Crippen LogP contribution in [0.5, 0.6) is 0 Å². The van der Waals surface area contributed by atoms with E-state index in [9.17, 15) is 15.0 Å². The van der Waals surface area contributed by atoms with Crippen LogP contribution in [0.2, 0.25) is 0 Å². The number of epoxide rings is 1. The number of aliphatic hydroxyl groups excluding tert-OH is 2. The lowest BCUT2D eigenvalue weighted by Gasteiger charge is -2.28. The van der Waals surface area contributed by atoms with E-state index in [1.807, 2.05) is 33.8 Å². The smallest absolute Gasteiger partial charge is 0.331 e. The van der Waals surface area contributed by atoms with Gasteiger partial charge in [0.15, 0.2) is 6.10 Å². The minimum atomic E-state index is -0.565. The van der Waals surface area contributed by atoms with Crippen molar-refractivity contribution in [1.82, 2.24) is 0 Å². The third-order valence-electron chi connectivity index (χ3n) is 6.21. The molecule has 30 heavy (non-hydrogen) atoms. The highest BCUT2D eigenvalue weighted by Crippen LogP contribution is 2.45. The molecule has 1 fully saturated rings. The average Bonchev–Trinajstić information content (AvgIpc) is 3.33. The van der Waals surface area contributed by atoms with Crippen LogP contribution < -0.4 is 0 Å². The molecule has 2 aliphatic rings. The summed E-state index contributed by atoms with van der Waals surface area (Å²) in [4.78, 5) is 12.3. The molecule has 0 aromatic carbocycles. The number of allylic oxidation sites excluding steroid dienone is 3. The van der Waals surface area contributed by atoms with Gasteiger partial charge in [0.05, 0.1) is 18.8 Å². The summed E-state index contributed by atoms with van der Waals surface area (Å²) >= 11 is 0. The van der Waals surface area contributed by atoms with E-state index in [2.05, 4.69) is 25.7 Å². The summed E-state index contributed by atoms with van der Waals surface area (Å²) in [5.41, 5.74) is 1.80. The number of fused-ring (bicyclic) bond motifs is 1. The fraction of sp³-hybridized carbons (Fsp3) is 0.640. The van der Waals surface area contributed by atoms with E-state index in [0.29, 0.717) is 6.42 Å². The van der Waals surface area contributed by atoms with Crippen LogP contribution in [-0.4, -0.2) is 46.7 Å². The Bertz CT molecular complexity index is 730. The average molecular weight is 419 g/mol. The molecule has 0 aromatic rings. The quantitative estimate of drug-likeness (QED) is 0.277. The molecule has 0 spiro atoms. The lowest BCUT2D eigenvalue weighted by Crippen LogP contribution is -2.32. The van der Waals surface area contributed by atoms with E-state index in [1.165, 1.54) is 6.08 Å². The van der Waals surface area contributed by atoms with Gasteiger partial charge in [-0.05, 0) is 76.9 Å². The van der Waals surface area contributed by atoms with Gasteiger partial charge in [0.2, 0.25) is 0 Å². The van der Waals surface area contributed by atoms with Gasteiger partial charge in [0, 0.05) is 6.08 Å². The molecule has 0 saturated carbocycles. The van der Waals surface area contributed by atoms with E-state index in [4.69, 9.17) is 9.47 Å². The third-order valence-corrected chi connectivity index (χ3v) is 6.21. The van der Waals surface area contributed by atoms with E-state index < -0.39 is 17.8 Å². The number of aliphatic hydroxyl groups is 2. The van der Waals surface area contributed by atoms with Crippen LogP contribution in [0.3, 0.4) is 0 Å². The molecule has 5 nitrogen and oxygen atoms in total. The number of hydrogen-bond donors (Lipinski definition) is 2. The molecule has 1 heterocycles. The Morgan fingerprint density at radius 2 is 2.10 bits per heavy atom. The molecule has 1 saturated heterocycles. The highest BCUT2D eigenvalue weighted by atomic mass is 16.6. The molecule has 0 radical (unpaired) electrons. The zero-order valence-electron chi connectivity index (χ0n) is 19.1. The van der Waals surface area contributed by atoms with Crippen LogP contribution in [-0.2, 0) is 14.3 Å². The van der Waals surface area contributed by atoms with Crippen molar-refractivity contribution in [2.45, 2.75) is 90.6 Å². The fourth-order valence-corrected chi connectivity index (χ4v) is 3.84. The fourth-order valence-electron chi connectivity index (χ4n) is 3.84. The van der Waals surface area contributed by atoms with Gasteiger partial charge in [-0.2, -0.15) is 0 Å². The number of hydrogen-bond acceptors (Lipinski definition) is 5. The van der Waals surface area contributed by atoms with Gasteiger partial charge in [0.25, 0.3) is 0 Å². The molecule has 1 aliphatic heterocycles. The molecule has 168 valence electrons. The van der Waals surface area contributed by atoms with Crippen LogP contribution in [0.25, 0.3) is 0 Å². The van der Waals surface area contributed by atoms with Crippen molar-refractivity contribution in [1.29, 1.82) is 0 Å². The van der Waals surface area contributed by atoms with Crippen molar-refractivity contribution in [3.05, 3.63) is 47.6 Å². The minimum absolute atomic E-state index is 0.0174. The van der Waals surface area contributed by atoms with Gasteiger partial charge in [0.1, 0.15) is 5.60 Å². The highest BCUT2D eigenvalue weighted by Gasteiger charge is 2.58. The van der Waals surface area contributed by atoms with E-state index in [1.54, 1.807) is 0 Å². The van der Waals surface area contributed by atoms with Crippen LogP contribution in [0.1, 0.15) is 66.7 Å². The molecular formula is C25H38O5. The summed E-state index contributed by atoms with van der Waals surface area (Å²) in [6.45, 7) is 13.5. The van der Waals surface area contributed by atoms with Gasteiger partial charge in [-0.25, -0.2) is 4.79 Å². The van der Waals surface area contributed by atoms with Gasteiger partial charge in [-0.1, -0.05) is 36.8 Å². The first-order valence-corrected chi connectivity index (χ1v) is 10.8. The van der Waals surface area contributed by atoms with Crippen LogP contribution in [0, 0.1) is 5.41 Å². The van der Waals surface area contributed by atoms with Gasteiger partial charge >= 0.3 is 5.97 Å². The summed E-state index contributed by atoms with van der Waals surface area (Å²) in [5, 5.41) is 20.0. The number of ether oxygens (including phenoxy) is 2. The first-order valence-electron chi connectivity index (χ1n) is 10.8. The SMILES string of the molecule is C=C(C)[C@@H](O)CC[C@]1(C)/C=C/[C@@H](OC(=O)C=C(C)C)[C@@]2(C)O[C@H]2CC/C(CO)=C\C1. The number of carbonyl (C=O) groups excluding carboxylic acids is 1. The van der Waals surface area contributed by atoms with Crippen LogP contribution >= 0.6 is 0 Å². The maximum absolute atomic E-state index is 12.3. The molecule has 1 aliphatic carbocycles. The zero-order valence-corrected chi connectivity index (χ0v) is 19.1. The zero-order chi connectivity index (χ0) is 22.5. The van der Waals surface area contributed by atoms with Gasteiger partial charge in [-0.3, -0.25) is 0 Å². The Kier molecular flexibility index (Phi) is 8.26. The Labute approximate surface area is 181 Å². The predicted octanol–water partition coefficient (Wildman–Crippen LogP) is 4.40. The molecule has 2 N–H and O–H groups in total. The van der Waals surface area contributed by atoms with Crippen molar-refractivity contribution in [2.24, 2.45) is 5.41 Å². The van der Waals surface area contributed by atoms with Crippen molar-refractivity contribution in [3.63, 3.8) is 0 Å². The maximum atomic E-state index is 12.3. The van der Waals surface area contributed by atoms with Crippen molar-refractivity contribution in [3.8, 4) is 0 Å². The monoisotopic (exact) mass is 418 g/mol. The molecule has 5 atom stereocenters. The van der Waals surface area contributed by atoms with Crippen molar-refractivity contribution in [2.75, 3.05) is 6.61 Å². The first kappa shape index (κ1) is 24.6. The van der Waals surface area contributed by atoms with Crippen LogP contribution in [0.15, 0.2) is 47.6 Å². The Morgan fingerprint density at radius 3 is 2.70 bits per heavy atom. The van der Waals surface area contributed by atoms with E-state index >= 15 is 0 Å². The Hall–Kier alpha value is -1.69. The van der Waals surface area contributed by atoms with E-state index in [0.717, 1.165) is 42.4 Å². The molecular weight excluding hydrogens is 380 g/mol. The van der Waals surface area contributed by atoms with Crippen LogP contribution in [0.4, 0.5) is 0 Å². The summed E-state index contributed by atoms with van der Waals surface area (Å²) < 4.78 is 11.8. The standard InChI is InChI=1S/C25H38O5/c1-17(2)15-23(28)29-21-11-14-24(5,13-10-20(27)18(3)4)12-9-19(16-26)7-8-22-25(21,6)30-22/h9,11,14-15,20-22,26-27H,3,7-8,10,12-13,16H2,1-2,4-6H3/b14-11+,19-9+/t20-,21+,22-,24+,25+/m0/s1. The number of rotatable bonds is 7. The molecule has 0 amide bonds. The Morgan fingerprint density at radius 1 is 1.40 bits per heavy atom. The molecule has 0 aromatic heterocycles. The second-order valence-electron chi connectivity index (χ2n) is 9.55.